The van der Waals surface area contributed by atoms with Crippen LogP contribution in [0.2, 0.25) is 0 Å². The minimum Gasteiger partial charge on any atom is -0.352 e. The number of hydrogen-bond acceptors (Lipinski definition) is 7. The van der Waals surface area contributed by atoms with Crippen LogP contribution >= 0.6 is 11.5 Å². The molecule has 4 amide bonds. The number of hydrogen-bond donors (Lipinski definition) is 1. The molecular formula is C25H23N5O4S. The van der Waals surface area contributed by atoms with Crippen LogP contribution in [-0.4, -0.2) is 70.0 Å². The maximum absolute atomic E-state index is 13.3. The monoisotopic (exact) mass is 489 g/mol. The van der Waals surface area contributed by atoms with E-state index in [0.717, 1.165) is 21.5 Å². The standard InChI is InChI=1S/C25H23N5O4S/c31-21-8-7-19(23(32)26-21)30-14-16-13-15(5-6-17(16)25(30)34)24(33)29-11-9-28(10-12-29)22-18-3-1-2-4-20(18)35-27-22/h1-6,13,19H,7-12,14H2,(H,26,31,32). The van der Waals surface area contributed by atoms with Gasteiger partial charge in [0.1, 0.15) is 11.9 Å². The van der Waals surface area contributed by atoms with Crippen LogP contribution in [0.15, 0.2) is 42.5 Å². The van der Waals surface area contributed by atoms with E-state index in [0.29, 0.717) is 43.7 Å². The summed E-state index contributed by atoms with van der Waals surface area (Å²) in [7, 11) is 0. The topological polar surface area (TPSA) is 103 Å². The van der Waals surface area contributed by atoms with Crippen LogP contribution in [0.1, 0.15) is 39.1 Å². The molecule has 10 heteroatoms. The van der Waals surface area contributed by atoms with Gasteiger partial charge in [-0.05, 0) is 53.8 Å². The lowest BCUT2D eigenvalue weighted by atomic mass is 10.0. The molecule has 1 aromatic heterocycles. The Morgan fingerprint density at radius 3 is 2.63 bits per heavy atom. The van der Waals surface area contributed by atoms with Crippen molar-refractivity contribution in [1.82, 2.24) is 19.5 Å². The van der Waals surface area contributed by atoms with Crippen LogP contribution in [0.3, 0.4) is 0 Å². The second kappa shape index (κ2) is 8.46. The van der Waals surface area contributed by atoms with Crippen molar-refractivity contribution >= 4 is 51.1 Å². The lowest BCUT2D eigenvalue weighted by Gasteiger charge is -2.35. The van der Waals surface area contributed by atoms with E-state index >= 15 is 0 Å². The number of nitrogens with one attached hydrogen (secondary N) is 1. The van der Waals surface area contributed by atoms with E-state index in [1.807, 2.05) is 17.0 Å². The number of nitrogens with zero attached hydrogens (tertiary/aromatic N) is 4. The molecule has 178 valence electrons. The summed E-state index contributed by atoms with van der Waals surface area (Å²) in [5, 5.41) is 3.45. The van der Waals surface area contributed by atoms with Gasteiger partial charge >= 0.3 is 0 Å². The van der Waals surface area contributed by atoms with Gasteiger partial charge in [-0.3, -0.25) is 24.5 Å². The van der Waals surface area contributed by atoms with Gasteiger partial charge in [0, 0.05) is 55.7 Å². The zero-order valence-corrected chi connectivity index (χ0v) is 19.7. The maximum atomic E-state index is 13.3. The number of carbonyl (C=O) groups excluding carboxylic acids is 4. The third-order valence-corrected chi connectivity index (χ3v) is 7.81. The molecule has 2 fully saturated rings. The zero-order chi connectivity index (χ0) is 24.1. The van der Waals surface area contributed by atoms with Crippen LogP contribution < -0.4 is 10.2 Å². The lowest BCUT2D eigenvalue weighted by molar-refractivity contribution is -0.136. The molecule has 3 aliphatic rings. The molecule has 9 nitrogen and oxygen atoms in total. The molecule has 3 aliphatic heterocycles. The summed E-state index contributed by atoms with van der Waals surface area (Å²) in [5.41, 5.74) is 1.78. The Kier molecular flexibility index (Phi) is 5.25. The van der Waals surface area contributed by atoms with E-state index in [1.165, 1.54) is 16.4 Å². The molecule has 1 N–H and O–H groups in total. The molecule has 35 heavy (non-hydrogen) atoms. The molecule has 0 aliphatic carbocycles. The first-order valence-corrected chi connectivity index (χ1v) is 12.4. The van der Waals surface area contributed by atoms with E-state index in [1.54, 1.807) is 18.2 Å². The quantitative estimate of drug-likeness (QED) is 0.565. The molecule has 2 saturated heterocycles. The Labute approximate surface area is 205 Å². The summed E-state index contributed by atoms with van der Waals surface area (Å²) in [6.45, 7) is 2.83. The molecule has 6 rings (SSSR count). The van der Waals surface area contributed by atoms with Crippen molar-refractivity contribution in [2.45, 2.75) is 25.4 Å². The highest BCUT2D eigenvalue weighted by Crippen LogP contribution is 2.31. The summed E-state index contributed by atoms with van der Waals surface area (Å²) >= 11 is 1.49. The average Bonchev–Trinajstić information content (AvgIpc) is 3.45. The summed E-state index contributed by atoms with van der Waals surface area (Å²) in [6, 6.07) is 12.6. The van der Waals surface area contributed by atoms with Gasteiger partial charge in [-0.15, -0.1) is 0 Å². The number of fused-ring (bicyclic) bond motifs is 2. The first kappa shape index (κ1) is 21.7. The van der Waals surface area contributed by atoms with Crippen molar-refractivity contribution in [3.63, 3.8) is 0 Å². The second-order valence-electron chi connectivity index (χ2n) is 9.05. The number of imide groups is 1. The number of rotatable bonds is 3. The normalized spacial score (nSPS) is 20.4. The molecular weight excluding hydrogens is 466 g/mol. The van der Waals surface area contributed by atoms with Gasteiger partial charge in [0.25, 0.3) is 11.8 Å². The molecule has 0 spiro atoms. The summed E-state index contributed by atoms with van der Waals surface area (Å²) < 4.78 is 5.78. The number of amides is 4. The van der Waals surface area contributed by atoms with E-state index in [-0.39, 0.29) is 30.7 Å². The van der Waals surface area contributed by atoms with Gasteiger partial charge < -0.3 is 14.7 Å². The third kappa shape index (κ3) is 3.74. The molecule has 1 unspecified atom stereocenters. The maximum Gasteiger partial charge on any atom is 0.255 e. The van der Waals surface area contributed by atoms with Crippen molar-refractivity contribution in [1.29, 1.82) is 0 Å². The highest BCUT2D eigenvalue weighted by atomic mass is 32.1. The Balaban J connectivity index is 1.14. The van der Waals surface area contributed by atoms with Gasteiger partial charge in [-0.1, -0.05) is 12.1 Å². The van der Waals surface area contributed by atoms with E-state index in [9.17, 15) is 19.2 Å². The van der Waals surface area contributed by atoms with Gasteiger partial charge in [0.2, 0.25) is 11.8 Å². The van der Waals surface area contributed by atoms with Gasteiger partial charge in [-0.25, -0.2) is 0 Å². The Bertz CT molecular complexity index is 1380. The van der Waals surface area contributed by atoms with Crippen molar-refractivity contribution < 1.29 is 19.2 Å². The van der Waals surface area contributed by atoms with Crippen LogP contribution in [0.25, 0.3) is 10.1 Å². The number of anilines is 1. The number of benzene rings is 2. The van der Waals surface area contributed by atoms with Crippen LogP contribution in [0.4, 0.5) is 5.82 Å². The number of aromatic nitrogens is 1. The largest absolute Gasteiger partial charge is 0.352 e. The highest BCUT2D eigenvalue weighted by Gasteiger charge is 2.39. The van der Waals surface area contributed by atoms with Crippen LogP contribution in [0, 0.1) is 0 Å². The minimum absolute atomic E-state index is 0.0671. The second-order valence-corrected chi connectivity index (χ2v) is 9.86. The fraction of sp³-hybridized carbons (Fsp3) is 0.320. The molecule has 3 aromatic rings. The number of piperazine rings is 1. The van der Waals surface area contributed by atoms with Crippen molar-refractivity contribution in [3.05, 3.63) is 59.2 Å². The summed E-state index contributed by atoms with van der Waals surface area (Å²) in [5.74, 6) is -0.0850. The minimum atomic E-state index is -0.665. The Morgan fingerprint density at radius 1 is 1.03 bits per heavy atom. The van der Waals surface area contributed by atoms with E-state index < -0.39 is 11.9 Å². The zero-order valence-electron chi connectivity index (χ0n) is 18.9. The lowest BCUT2D eigenvalue weighted by Crippen LogP contribution is -2.52. The van der Waals surface area contributed by atoms with Crippen molar-refractivity contribution in [2.24, 2.45) is 0 Å². The van der Waals surface area contributed by atoms with Crippen LogP contribution in [0.5, 0.6) is 0 Å². The summed E-state index contributed by atoms with van der Waals surface area (Å²) in [6.07, 6.45) is 0.525. The Hall–Kier alpha value is -3.79. The molecule has 0 bridgehead atoms. The van der Waals surface area contributed by atoms with Gasteiger partial charge in [0.05, 0.1) is 4.70 Å². The molecule has 1 atom stereocenters. The summed E-state index contributed by atoms with van der Waals surface area (Å²) in [4.78, 5) is 55.4. The van der Waals surface area contributed by atoms with Crippen LogP contribution in [-0.2, 0) is 16.1 Å². The molecule has 0 saturated carbocycles. The number of piperidine rings is 1. The van der Waals surface area contributed by atoms with E-state index in [2.05, 4.69) is 26.7 Å². The van der Waals surface area contributed by atoms with Gasteiger partial charge in [-0.2, -0.15) is 4.37 Å². The average molecular weight is 490 g/mol. The fourth-order valence-corrected chi connectivity index (χ4v) is 5.91. The molecule has 0 radical (unpaired) electrons. The fourth-order valence-electron chi connectivity index (χ4n) is 5.11. The SMILES string of the molecule is O=C1CCC(N2Cc3cc(C(=O)N4CCN(c5nsc6ccccc56)CC4)ccc3C2=O)C(=O)N1. The highest BCUT2D eigenvalue weighted by molar-refractivity contribution is 7.13. The predicted molar refractivity (Wildman–Crippen MR) is 130 cm³/mol. The number of carbonyl (C=O) groups is 4. The smallest absolute Gasteiger partial charge is 0.255 e. The molecule has 4 heterocycles. The first-order valence-electron chi connectivity index (χ1n) is 11.7. The molecule has 2 aromatic carbocycles. The third-order valence-electron chi connectivity index (χ3n) is 7.00. The predicted octanol–water partition coefficient (Wildman–Crippen LogP) is 2.02. The van der Waals surface area contributed by atoms with Crippen molar-refractivity contribution in [2.75, 3.05) is 31.1 Å². The first-order chi connectivity index (χ1) is 17.0. The van der Waals surface area contributed by atoms with Gasteiger partial charge in [0.15, 0.2) is 0 Å². The van der Waals surface area contributed by atoms with E-state index in [4.69, 9.17) is 0 Å². The van der Waals surface area contributed by atoms with Crippen molar-refractivity contribution in [3.8, 4) is 0 Å². The Morgan fingerprint density at radius 2 is 1.83 bits per heavy atom.